The molecular weight excluding hydrogens is 373 g/mol. The third-order valence-corrected chi connectivity index (χ3v) is 5.55. The smallest absolute Gasteiger partial charge is 0.254 e. The molecule has 154 valence electrons. The molecule has 29 heavy (non-hydrogen) atoms. The molecule has 1 heterocycles. The van der Waals surface area contributed by atoms with Crippen molar-refractivity contribution in [3.8, 4) is 6.07 Å². The van der Waals surface area contributed by atoms with Gasteiger partial charge < -0.3 is 16.2 Å². The Morgan fingerprint density at radius 2 is 2.10 bits per heavy atom. The number of halogens is 1. The summed E-state index contributed by atoms with van der Waals surface area (Å²) >= 11 is 0. The fraction of sp³-hybridized carbons (Fsp3) is 0.476. The lowest BCUT2D eigenvalue weighted by atomic mass is 9.84. The molecular formula is C21H26FN5O2. The number of nitriles is 1. The van der Waals surface area contributed by atoms with Crippen LogP contribution in [0, 0.1) is 17.2 Å². The highest BCUT2D eigenvalue weighted by Crippen LogP contribution is 2.35. The Morgan fingerprint density at radius 3 is 2.69 bits per heavy atom. The number of alkyl halides is 1. The van der Waals surface area contributed by atoms with Gasteiger partial charge in [-0.3, -0.25) is 13.9 Å². The van der Waals surface area contributed by atoms with E-state index in [9.17, 15) is 19.6 Å². The first-order valence-corrected chi connectivity index (χ1v) is 9.65. The van der Waals surface area contributed by atoms with E-state index in [1.165, 1.54) is 0 Å². The second-order valence-corrected chi connectivity index (χ2v) is 8.23. The van der Waals surface area contributed by atoms with Gasteiger partial charge in [-0.05, 0) is 37.0 Å². The molecule has 1 fully saturated rings. The van der Waals surface area contributed by atoms with Crippen molar-refractivity contribution in [1.29, 1.82) is 5.26 Å². The minimum absolute atomic E-state index is 0.223. The van der Waals surface area contributed by atoms with E-state index in [0.29, 0.717) is 30.8 Å². The van der Waals surface area contributed by atoms with E-state index in [-0.39, 0.29) is 11.6 Å². The quantitative estimate of drug-likeness (QED) is 0.690. The molecule has 1 aromatic carbocycles. The summed E-state index contributed by atoms with van der Waals surface area (Å²) in [6.45, 7) is 3.19. The van der Waals surface area contributed by atoms with Gasteiger partial charge in [-0.15, -0.1) is 0 Å². The molecule has 1 saturated carbocycles. The first kappa shape index (κ1) is 20.8. The number of nitrogens with one attached hydrogen (secondary N) is 1. The highest BCUT2D eigenvalue weighted by Gasteiger charge is 2.32. The molecule has 1 unspecified atom stereocenters. The molecule has 1 aliphatic carbocycles. The number of aromatic nitrogens is 2. The van der Waals surface area contributed by atoms with Gasteiger partial charge in [0.2, 0.25) is 0 Å². The van der Waals surface area contributed by atoms with E-state index in [0.717, 1.165) is 5.56 Å². The SMILES string of the molecule is CC(C)(CF)c1ccc(Nc2nn(C3CC[C@@H](O)C[C@@H]3C#N)cc2C(N)=O)cc1. The molecule has 3 rings (SSSR count). The van der Waals surface area contributed by atoms with E-state index < -0.39 is 30.0 Å². The first-order chi connectivity index (χ1) is 13.7. The molecule has 3 atom stereocenters. The number of anilines is 2. The molecule has 1 aliphatic rings. The molecule has 1 amide bonds. The maximum absolute atomic E-state index is 13.2. The standard InChI is InChI=1S/C21H26FN5O2/c1-21(2,12-22)14-3-5-15(6-4-14)25-20-17(19(24)29)11-27(26-20)18-8-7-16(28)9-13(18)10-23/h3-6,11,13,16,18,28H,7-9,12H2,1-2H3,(H2,24,29)(H,25,26)/t13-,16-,18?/m1/s1. The zero-order valence-electron chi connectivity index (χ0n) is 16.6. The molecule has 4 N–H and O–H groups in total. The molecule has 0 radical (unpaired) electrons. The van der Waals surface area contributed by atoms with Gasteiger partial charge in [-0.25, -0.2) is 0 Å². The Kier molecular flexibility index (Phi) is 5.89. The molecule has 1 aromatic heterocycles. The number of hydrogen-bond donors (Lipinski definition) is 3. The van der Waals surface area contributed by atoms with Crippen LogP contribution in [0.4, 0.5) is 15.9 Å². The predicted molar refractivity (Wildman–Crippen MR) is 107 cm³/mol. The van der Waals surface area contributed by atoms with Gasteiger partial charge >= 0.3 is 0 Å². The average molecular weight is 399 g/mol. The van der Waals surface area contributed by atoms with Crippen LogP contribution in [-0.4, -0.2) is 33.6 Å². The number of aliphatic hydroxyl groups excluding tert-OH is 1. The van der Waals surface area contributed by atoms with Crippen LogP contribution in [-0.2, 0) is 5.41 Å². The van der Waals surface area contributed by atoms with E-state index in [1.807, 2.05) is 26.0 Å². The van der Waals surface area contributed by atoms with Crippen molar-refractivity contribution in [3.63, 3.8) is 0 Å². The first-order valence-electron chi connectivity index (χ1n) is 9.65. The van der Waals surface area contributed by atoms with E-state index in [4.69, 9.17) is 5.73 Å². The van der Waals surface area contributed by atoms with Gasteiger partial charge in [0.05, 0.1) is 30.8 Å². The summed E-state index contributed by atoms with van der Waals surface area (Å²) in [6.07, 6.45) is 2.60. The highest BCUT2D eigenvalue weighted by atomic mass is 19.1. The Hall–Kier alpha value is -2.92. The normalized spacial score (nSPS) is 22.1. The van der Waals surface area contributed by atoms with Crippen molar-refractivity contribution in [3.05, 3.63) is 41.6 Å². The fourth-order valence-corrected chi connectivity index (χ4v) is 3.64. The lowest BCUT2D eigenvalue weighted by Crippen LogP contribution is -2.29. The van der Waals surface area contributed by atoms with Crippen molar-refractivity contribution in [2.45, 2.75) is 50.7 Å². The monoisotopic (exact) mass is 399 g/mol. The Balaban J connectivity index is 1.86. The number of hydrogen-bond acceptors (Lipinski definition) is 5. The van der Waals surface area contributed by atoms with E-state index in [1.54, 1.807) is 23.0 Å². The van der Waals surface area contributed by atoms with E-state index >= 15 is 0 Å². The number of primary amides is 1. The number of amides is 1. The zero-order chi connectivity index (χ0) is 21.2. The summed E-state index contributed by atoms with van der Waals surface area (Å²) < 4.78 is 14.8. The van der Waals surface area contributed by atoms with Gasteiger partial charge in [0.1, 0.15) is 5.56 Å². The van der Waals surface area contributed by atoms with Crippen LogP contribution in [0.3, 0.4) is 0 Å². The van der Waals surface area contributed by atoms with Crippen LogP contribution in [0.15, 0.2) is 30.5 Å². The molecule has 0 saturated heterocycles. The second kappa shape index (κ2) is 8.21. The van der Waals surface area contributed by atoms with Gasteiger partial charge in [-0.1, -0.05) is 26.0 Å². The minimum Gasteiger partial charge on any atom is -0.393 e. The Bertz CT molecular complexity index is 916. The van der Waals surface area contributed by atoms with Crippen LogP contribution < -0.4 is 11.1 Å². The third kappa shape index (κ3) is 4.40. The summed E-state index contributed by atoms with van der Waals surface area (Å²) in [6, 6.07) is 9.25. The number of carbonyl (C=O) groups excluding carboxylic acids is 1. The lowest BCUT2D eigenvalue weighted by molar-refractivity contribution is 0.0861. The minimum atomic E-state index is -0.627. The van der Waals surface area contributed by atoms with Gasteiger partial charge in [0.25, 0.3) is 5.91 Å². The number of benzene rings is 1. The van der Waals surface area contributed by atoms with Crippen molar-refractivity contribution in [2.24, 2.45) is 11.7 Å². The van der Waals surface area contributed by atoms with E-state index in [2.05, 4.69) is 16.5 Å². The van der Waals surface area contributed by atoms with Gasteiger partial charge in [0.15, 0.2) is 5.82 Å². The molecule has 0 bridgehead atoms. The van der Waals surface area contributed by atoms with Crippen LogP contribution in [0.25, 0.3) is 0 Å². The van der Waals surface area contributed by atoms with Gasteiger partial charge in [-0.2, -0.15) is 10.4 Å². The van der Waals surface area contributed by atoms with Crippen molar-refractivity contribution >= 4 is 17.4 Å². The predicted octanol–water partition coefficient (Wildman–Crippen LogP) is 3.20. The molecule has 8 heteroatoms. The van der Waals surface area contributed by atoms with Crippen LogP contribution >= 0.6 is 0 Å². The molecule has 0 spiro atoms. The van der Waals surface area contributed by atoms with Gasteiger partial charge in [0, 0.05) is 17.3 Å². The molecule has 7 nitrogen and oxygen atoms in total. The molecule has 2 aromatic rings. The summed E-state index contributed by atoms with van der Waals surface area (Å²) in [5.74, 6) is -0.717. The maximum atomic E-state index is 13.2. The van der Waals surface area contributed by atoms with Crippen LogP contribution in [0.5, 0.6) is 0 Å². The summed E-state index contributed by atoms with van der Waals surface area (Å²) in [4.78, 5) is 11.9. The topological polar surface area (TPSA) is 117 Å². The summed E-state index contributed by atoms with van der Waals surface area (Å²) in [5.41, 5.74) is 6.72. The summed E-state index contributed by atoms with van der Waals surface area (Å²) in [5, 5.41) is 26.8. The number of aliphatic hydroxyl groups is 1. The lowest BCUT2D eigenvalue weighted by Gasteiger charge is -2.30. The fourth-order valence-electron chi connectivity index (χ4n) is 3.64. The van der Waals surface area contributed by atoms with Crippen LogP contribution in [0.1, 0.15) is 55.1 Å². The van der Waals surface area contributed by atoms with Crippen LogP contribution in [0.2, 0.25) is 0 Å². The Morgan fingerprint density at radius 1 is 1.41 bits per heavy atom. The van der Waals surface area contributed by atoms with Crippen molar-refractivity contribution < 1.29 is 14.3 Å². The largest absolute Gasteiger partial charge is 0.393 e. The number of nitrogens with zero attached hydrogens (tertiary/aromatic N) is 3. The highest BCUT2D eigenvalue weighted by molar-refractivity contribution is 5.98. The second-order valence-electron chi connectivity index (χ2n) is 8.23. The summed E-state index contributed by atoms with van der Waals surface area (Å²) in [7, 11) is 0. The number of rotatable bonds is 6. The van der Waals surface area contributed by atoms with Crippen molar-refractivity contribution in [1.82, 2.24) is 9.78 Å². The zero-order valence-corrected chi connectivity index (χ0v) is 16.6. The number of carbonyl (C=O) groups is 1. The average Bonchev–Trinajstić information content (AvgIpc) is 3.12. The third-order valence-electron chi connectivity index (χ3n) is 5.55. The Labute approximate surface area is 169 Å². The molecule has 0 aliphatic heterocycles. The maximum Gasteiger partial charge on any atom is 0.254 e. The number of nitrogens with two attached hydrogens (primary N) is 1. The van der Waals surface area contributed by atoms with Crippen molar-refractivity contribution in [2.75, 3.05) is 12.0 Å².